The lowest BCUT2D eigenvalue weighted by atomic mass is 10.2. The molecule has 0 heterocycles. The van der Waals surface area contributed by atoms with Gasteiger partial charge in [-0.15, -0.1) is 11.8 Å². The fraction of sp³-hybridized carbons (Fsp3) is 0.462. The number of nitrogens with zero attached hydrogens (tertiary/aromatic N) is 1. The zero-order valence-electron chi connectivity index (χ0n) is 10.6. The van der Waals surface area contributed by atoms with Crippen LogP contribution in [0, 0.1) is 0 Å². The van der Waals surface area contributed by atoms with E-state index in [4.69, 9.17) is 5.11 Å². The molecule has 1 aromatic carbocycles. The molecule has 0 aromatic heterocycles. The molecule has 3 nitrogen and oxygen atoms in total. The van der Waals surface area contributed by atoms with Gasteiger partial charge in [0, 0.05) is 21.7 Å². The van der Waals surface area contributed by atoms with Crippen molar-refractivity contribution in [3.05, 3.63) is 28.2 Å². The van der Waals surface area contributed by atoms with Crippen LogP contribution in [-0.2, 0) is 0 Å². The normalized spacial score (nSPS) is 10.9. The topological polar surface area (TPSA) is 40.5 Å². The molecule has 18 heavy (non-hydrogen) atoms. The number of aromatic carboxylic acids is 1. The molecule has 0 unspecified atom stereocenters. The van der Waals surface area contributed by atoms with E-state index in [-0.39, 0.29) is 0 Å². The Morgan fingerprint density at radius 3 is 2.61 bits per heavy atom. The number of hydrogen-bond donors (Lipinski definition) is 1. The molecule has 0 aliphatic rings. The summed E-state index contributed by atoms with van der Waals surface area (Å²) in [5.74, 6) is 0.0329. The quantitative estimate of drug-likeness (QED) is 0.775. The molecule has 5 heteroatoms. The predicted octanol–water partition coefficient (Wildman–Crippen LogP) is 3.58. The van der Waals surface area contributed by atoms with Gasteiger partial charge < -0.3 is 10.0 Å². The van der Waals surface area contributed by atoms with Crippen molar-refractivity contribution in [2.75, 3.05) is 25.4 Å². The first-order chi connectivity index (χ1) is 8.58. The lowest BCUT2D eigenvalue weighted by molar-refractivity contribution is 0.0693. The first-order valence-corrected chi connectivity index (χ1v) is 7.74. The van der Waals surface area contributed by atoms with Crippen molar-refractivity contribution in [1.82, 2.24) is 4.90 Å². The van der Waals surface area contributed by atoms with Crippen molar-refractivity contribution in [3.8, 4) is 0 Å². The smallest absolute Gasteiger partial charge is 0.336 e. The van der Waals surface area contributed by atoms with Crippen molar-refractivity contribution in [2.45, 2.75) is 18.7 Å². The summed E-state index contributed by atoms with van der Waals surface area (Å²) in [5.41, 5.74) is 0.369. The van der Waals surface area contributed by atoms with Crippen LogP contribution in [0.25, 0.3) is 0 Å². The molecule has 1 N–H and O–H groups in total. The Hall–Kier alpha value is -0.520. The molecule has 0 aliphatic carbocycles. The minimum Gasteiger partial charge on any atom is -0.478 e. The summed E-state index contributed by atoms with van der Waals surface area (Å²) in [4.78, 5) is 14.3. The Bertz CT molecular complexity index is 408. The van der Waals surface area contributed by atoms with Gasteiger partial charge in [0.2, 0.25) is 0 Å². The molecule has 0 spiro atoms. The molecule has 1 aromatic rings. The highest BCUT2D eigenvalue weighted by atomic mass is 79.9. The number of carbonyl (C=O) groups is 1. The minimum absolute atomic E-state index is 0.369. The van der Waals surface area contributed by atoms with Crippen LogP contribution < -0.4 is 0 Å². The van der Waals surface area contributed by atoms with E-state index in [2.05, 4.69) is 34.7 Å². The van der Waals surface area contributed by atoms with Crippen molar-refractivity contribution in [3.63, 3.8) is 0 Å². The van der Waals surface area contributed by atoms with E-state index in [1.807, 2.05) is 12.1 Å². The summed E-state index contributed by atoms with van der Waals surface area (Å²) in [6.45, 7) is 7.31. The van der Waals surface area contributed by atoms with Crippen molar-refractivity contribution >= 4 is 33.7 Å². The van der Waals surface area contributed by atoms with Gasteiger partial charge in [0.15, 0.2) is 0 Å². The average Bonchev–Trinajstić information content (AvgIpc) is 2.36. The number of halogens is 1. The number of hydrogen-bond acceptors (Lipinski definition) is 3. The first-order valence-electron chi connectivity index (χ1n) is 5.96. The van der Waals surface area contributed by atoms with Crippen LogP contribution in [0.15, 0.2) is 27.6 Å². The highest BCUT2D eigenvalue weighted by Crippen LogP contribution is 2.26. The van der Waals surface area contributed by atoms with E-state index in [0.29, 0.717) is 5.56 Å². The second-order valence-electron chi connectivity index (χ2n) is 3.82. The van der Waals surface area contributed by atoms with Gasteiger partial charge in [-0.1, -0.05) is 29.8 Å². The number of benzene rings is 1. The summed E-state index contributed by atoms with van der Waals surface area (Å²) < 4.78 is 0.799. The predicted molar refractivity (Wildman–Crippen MR) is 79.6 cm³/mol. The van der Waals surface area contributed by atoms with Crippen molar-refractivity contribution < 1.29 is 9.90 Å². The molecule has 0 atom stereocenters. The molecular formula is C13H18BrNO2S. The number of carboxylic acid groups (broad SMARTS) is 1. The van der Waals surface area contributed by atoms with E-state index in [1.165, 1.54) is 0 Å². The molecule has 0 fully saturated rings. The summed E-state index contributed by atoms with van der Waals surface area (Å²) in [7, 11) is 0. The Morgan fingerprint density at radius 2 is 2.06 bits per heavy atom. The minimum atomic E-state index is -0.873. The van der Waals surface area contributed by atoms with Gasteiger partial charge in [-0.2, -0.15) is 0 Å². The molecule has 1 rings (SSSR count). The van der Waals surface area contributed by atoms with Gasteiger partial charge in [-0.3, -0.25) is 0 Å². The standard InChI is InChI=1S/C13H18BrNO2S/c1-3-15(4-2)7-8-18-12-6-5-10(14)9-11(12)13(16)17/h5-6,9H,3-4,7-8H2,1-2H3,(H,16,17). The van der Waals surface area contributed by atoms with E-state index < -0.39 is 5.97 Å². The second-order valence-corrected chi connectivity index (χ2v) is 5.87. The van der Waals surface area contributed by atoms with Gasteiger partial charge in [0.05, 0.1) is 5.56 Å². The van der Waals surface area contributed by atoms with Crippen LogP contribution in [0.3, 0.4) is 0 Å². The summed E-state index contributed by atoms with van der Waals surface area (Å²) in [6, 6.07) is 5.40. The van der Waals surface area contributed by atoms with Crippen LogP contribution in [0.4, 0.5) is 0 Å². The maximum absolute atomic E-state index is 11.1. The van der Waals surface area contributed by atoms with E-state index in [0.717, 1.165) is 34.8 Å². The summed E-state index contributed by atoms with van der Waals surface area (Å²) in [6.07, 6.45) is 0. The molecule has 0 aliphatic heterocycles. The summed E-state index contributed by atoms with van der Waals surface area (Å²) >= 11 is 4.90. The number of carboxylic acids is 1. The fourth-order valence-corrected chi connectivity index (χ4v) is 3.02. The first kappa shape index (κ1) is 15.5. The largest absolute Gasteiger partial charge is 0.478 e. The molecule has 100 valence electrons. The van der Waals surface area contributed by atoms with E-state index in [9.17, 15) is 4.79 Å². The molecule has 0 bridgehead atoms. The molecule has 0 radical (unpaired) electrons. The van der Waals surface area contributed by atoms with Gasteiger partial charge in [-0.05, 0) is 31.3 Å². The maximum Gasteiger partial charge on any atom is 0.336 e. The zero-order chi connectivity index (χ0) is 13.5. The Kier molecular flexibility index (Phi) is 6.75. The van der Waals surface area contributed by atoms with Crippen LogP contribution in [0.2, 0.25) is 0 Å². The van der Waals surface area contributed by atoms with Crippen LogP contribution >= 0.6 is 27.7 Å². The molecule has 0 amide bonds. The Morgan fingerprint density at radius 1 is 1.39 bits per heavy atom. The fourth-order valence-electron chi connectivity index (χ4n) is 1.62. The van der Waals surface area contributed by atoms with Gasteiger partial charge in [0.1, 0.15) is 0 Å². The highest BCUT2D eigenvalue weighted by Gasteiger charge is 2.11. The summed E-state index contributed by atoms with van der Waals surface area (Å²) in [5, 5.41) is 9.15. The van der Waals surface area contributed by atoms with E-state index in [1.54, 1.807) is 17.8 Å². The van der Waals surface area contributed by atoms with Crippen molar-refractivity contribution in [1.29, 1.82) is 0 Å². The third-order valence-electron chi connectivity index (χ3n) is 2.73. The number of thioether (sulfide) groups is 1. The number of rotatable bonds is 7. The monoisotopic (exact) mass is 331 g/mol. The van der Waals surface area contributed by atoms with Crippen LogP contribution in [0.1, 0.15) is 24.2 Å². The van der Waals surface area contributed by atoms with Gasteiger partial charge in [0.25, 0.3) is 0 Å². The Balaban J connectivity index is 2.64. The van der Waals surface area contributed by atoms with Crippen LogP contribution in [0.5, 0.6) is 0 Å². The van der Waals surface area contributed by atoms with Gasteiger partial charge >= 0.3 is 5.97 Å². The van der Waals surface area contributed by atoms with Crippen molar-refractivity contribution in [2.24, 2.45) is 0 Å². The second kappa shape index (κ2) is 7.81. The molecule has 0 saturated heterocycles. The molecule has 0 saturated carbocycles. The molecular weight excluding hydrogens is 314 g/mol. The van der Waals surface area contributed by atoms with Gasteiger partial charge in [-0.25, -0.2) is 4.79 Å². The maximum atomic E-state index is 11.1. The van der Waals surface area contributed by atoms with Crippen LogP contribution in [-0.4, -0.2) is 41.4 Å². The third kappa shape index (κ3) is 4.63. The lowest BCUT2D eigenvalue weighted by Crippen LogP contribution is -2.25. The highest BCUT2D eigenvalue weighted by molar-refractivity contribution is 9.10. The Labute approximate surface area is 121 Å². The van der Waals surface area contributed by atoms with E-state index >= 15 is 0 Å². The zero-order valence-corrected chi connectivity index (χ0v) is 13.1. The third-order valence-corrected chi connectivity index (χ3v) is 4.28. The lowest BCUT2D eigenvalue weighted by Gasteiger charge is -2.17. The SMILES string of the molecule is CCN(CC)CCSc1ccc(Br)cc1C(=O)O. The average molecular weight is 332 g/mol.